The molecule has 0 aliphatic carbocycles. The standard InChI is InChI=1S/C14H14ClN3O4S/c15-8-6-23-13(18-11(8)19)10(14(21)22)17-12(20)9(16)7-4-2-1-3-5-7/h1-6,9-10,13H,16H2,(H,17,20)(H,18,19)(H,21,22)/t9-,10?,13?/m1/s1. The first-order chi connectivity index (χ1) is 10.9. The fourth-order valence-electron chi connectivity index (χ4n) is 1.90. The third kappa shape index (κ3) is 4.25. The van der Waals surface area contributed by atoms with Crippen LogP contribution in [0.1, 0.15) is 11.6 Å². The van der Waals surface area contributed by atoms with Gasteiger partial charge in [-0.05, 0) is 11.0 Å². The number of hydrogen-bond acceptors (Lipinski definition) is 5. The van der Waals surface area contributed by atoms with E-state index in [-0.39, 0.29) is 5.03 Å². The van der Waals surface area contributed by atoms with Crippen molar-refractivity contribution >= 4 is 41.1 Å². The molecule has 122 valence electrons. The number of amides is 2. The second-order valence-corrected chi connectivity index (χ2v) is 6.13. The van der Waals surface area contributed by atoms with Gasteiger partial charge in [0.15, 0.2) is 6.04 Å². The molecule has 2 unspecified atom stereocenters. The van der Waals surface area contributed by atoms with Crippen LogP contribution in [0, 0.1) is 0 Å². The molecule has 5 N–H and O–H groups in total. The van der Waals surface area contributed by atoms with Gasteiger partial charge in [-0.3, -0.25) is 9.59 Å². The van der Waals surface area contributed by atoms with Crippen LogP contribution < -0.4 is 16.4 Å². The fourth-order valence-corrected chi connectivity index (χ4v) is 3.00. The molecule has 0 fully saturated rings. The number of aliphatic carboxylic acids is 1. The zero-order chi connectivity index (χ0) is 17.0. The predicted molar refractivity (Wildman–Crippen MR) is 86.4 cm³/mol. The minimum absolute atomic E-state index is 0.0392. The summed E-state index contributed by atoms with van der Waals surface area (Å²) in [6.07, 6.45) is 0. The first-order valence-corrected chi connectivity index (χ1v) is 7.88. The van der Waals surface area contributed by atoms with E-state index in [1.54, 1.807) is 30.3 Å². The lowest BCUT2D eigenvalue weighted by molar-refractivity contribution is -0.142. The summed E-state index contributed by atoms with van der Waals surface area (Å²) in [5, 5.41) is 14.5. The summed E-state index contributed by atoms with van der Waals surface area (Å²) in [4.78, 5) is 35.1. The molecule has 0 saturated heterocycles. The molecule has 2 rings (SSSR count). The van der Waals surface area contributed by atoms with E-state index in [0.29, 0.717) is 5.56 Å². The lowest BCUT2D eigenvalue weighted by atomic mass is 10.1. The molecule has 23 heavy (non-hydrogen) atoms. The molecule has 1 aromatic rings. The number of benzene rings is 1. The molecule has 7 nitrogen and oxygen atoms in total. The SMILES string of the molecule is N[C@@H](C(=O)NC(C(=O)O)C1NC(=O)C(Cl)=CS1)c1ccccc1. The van der Waals surface area contributed by atoms with Crippen molar-refractivity contribution in [2.24, 2.45) is 5.73 Å². The van der Waals surface area contributed by atoms with Gasteiger partial charge in [-0.2, -0.15) is 0 Å². The van der Waals surface area contributed by atoms with Crippen molar-refractivity contribution in [1.29, 1.82) is 0 Å². The highest BCUT2D eigenvalue weighted by molar-refractivity contribution is 8.03. The Labute approximate surface area is 141 Å². The highest BCUT2D eigenvalue weighted by Gasteiger charge is 2.35. The molecule has 2 amide bonds. The molecule has 3 atom stereocenters. The van der Waals surface area contributed by atoms with E-state index in [1.165, 1.54) is 5.41 Å². The third-order valence-corrected chi connectivity index (χ3v) is 4.58. The number of carbonyl (C=O) groups excluding carboxylic acids is 2. The molecular weight excluding hydrogens is 342 g/mol. The second-order valence-electron chi connectivity index (χ2n) is 4.71. The maximum atomic E-state index is 12.2. The van der Waals surface area contributed by atoms with Crippen LogP contribution in [-0.2, 0) is 14.4 Å². The number of nitrogens with one attached hydrogen (secondary N) is 2. The summed E-state index contributed by atoms with van der Waals surface area (Å²) in [6, 6.07) is 6.20. The maximum Gasteiger partial charge on any atom is 0.329 e. The van der Waals surface area contributed by atoms with Crippen LogP contribution in [0.4, 0.5) is 0 Å². The topological polar surface area (TPSA) is 122 Å². The maximum absolute atomic E-state index is 12.2. The summed E-state index contributed by atoms with van der Waals surface area (Å²) in [5.41, 5.74) is 6.39. The Morgan fingerprint density at radius 2 is 2.00 bits per heavy atom. The Balaban J connectivity index is 2.09. The number of thioether (sulfide) groups is 1. The first kappa shape index (κ1) is 17.3. The van der Waals surface area contributed by atoms with Gasteiger partial charge in [-0.25, -0.2) is 4.79 Å². The van der Waals surface area contributed by atoms with Crippen molar-refractivity contribution in [3.8, 4) is 0 Å². The number of carbonyl (C=O) groups is 3. The fraction of sp³-hybridized carbons (Fsp3) is 0.214. The number of carboxylic acids is 1. The van der Waals surface area contributed by atoms with Crippen molar-refractivity contribution < 1.29 is 19.5 Å². The molecule has 1 aliphatic rings. The minimum Gasteiger partial charge on any atom is -0.480 e. The second kappa shape index (κ2) is 7.49. The Morgan fingerprint density at radius 3 is 2.57 bits per heavy atom. The summed E-state index contributed by atoms with van der Waals surface area (Å²) < 4.78 is 0. The molecule has 1 aliphatic heterocycles. The van der Waals surface area contributed by atoms with Crippen LogP contribution in [0.15, 0.2) is 40.8 Å². The molecule has 9 heteroatoms. The summed E-state index contributed by atoms with van der Waals surface area (Å²) in [6.45, 7) is 0. The van der Waals surface area contributed by atoms with Crippen molar-refractivity contribution in [2.45, 2.75) is 17.5 Å². The molecule has 0 spiro atoms. The van der Waals surface area contributed by atoms with Gasteiger partial charge in [0, 0.05) is 0 Å². The molecule has 0 saturated carbocycles. The average Bonchev–Trinajstić information content (AvgIpc) is 2.55. The molecule has 1 heterocycles. The molecular formula is C14H14ClN3O4S. The summed E-state index contributed by atoms with van der Waals surface area (Å²) >= 11 is 6.63. The number of hydrogen-bond donors (Lipinski definition) is 4. The van der Waals surface area contributed by atoms with E-state index < -0.39 is 35.2 Å². The number of carboxylic acid groups (broad SMARTS) is 1. The van der Waals surface area contributed by atoms with Gasteiger partial charge in [-0.1, -0.05) is 41.9 Å². The van der Waals surface area contributed by atoms with E-state index in [0.717, 1.165) is 11.8 Å². The number of halogens is 1. The van der Waals surface area contributed by atoms with Crippen LogP contribution in [0.3, 0.4) is 0 Å². The Kier molecular flexibility index (Phi) is 5.64. The van der Waals surface area contributed by atoms with Gasteiger partial charge in [-0.15, -0.1) is 11.8 Å². The predicted octanol–water partition coefficient (Wildman–Crippen LogP) is 0.525. The van der Waals surface area contributed by atoms with Crippen molar-refractivity contribution in [3.05, 3.63) is 46.3 Å². The highest BCUT2D eigenvalue weighted by Crippen LogP contribution is 2.24. The van der Waals surface area contributed by atoms with E-state index >= 15 is 0 Å². The Hall–Kier alpha value is -2.03. The summed E-state index contributed by atoms with van der Waals surface area (Å²) in [7, 11) is 0. The normalized spacial score (nSPS) is 20.0. The number of nitrogens with two attached hydrogens (primary N) is 1. The van der Waals surface area contributed by atoms with E-state index in [1.807, 2.05) is 0 Å². The van der Waals surface area contributed by atoms with E-state index in [9.17, 15) is 19.5 Å². The van der Waals surface area contributed by atoms with Gasteiger partial charge in [0.25, 0.3) is 5.91 Å². The van der Waals surface area contributed by atoms with Crippen LogP contribution in [0.5, 0.6) is 0 Å². The minimum atomic E-state index is -1.34. The van der Waals surface area contributed by atoms with Crippen LogP contribution in [0.2, 0.25) is 0 Å². The average molecular weight is 356 g/mol. The first-order valence-electron chi connectivity index (χ1n) is 6.56. The van der Waals surface area contributed by atoms with Crippen molar-refractivity contribution in [2.75, 3.05) is 0 Å². The molecule has 1 aromatic carbocycles. The van der Waals surface area contributed by atoms with E-state index in [4.69, 9.17) is 17.3 Å². The lowest BCUT2D eigenvalue weighted by Gasteiger charge is -2.27. The largest absolute Gasteiger partial charge is 0.480 e. The van der Waals surface area contributed by atoms with Gasteiger partial charge >= 0.3 is 5.97 Å². The Bertz CT molecular complexity index is 653. The zero-order valence-corrected chi connectivity index (χ0v) is 13.3. The third-order valence-electron chi connectivity index (χ3n) is 3.12. The smallest absolute Gasteiger partial charge is 0.329 e. The zero-order valence-electron chi connectivity index (χ0n) is 11.7. The molecule has 0 aromatic heterocycles. The van der Waals surface area contributed by atoms with Crippen molar-refractivity contribution in [1.82, 2.24) is 10.6 Å². The molecule has 0 radical (unpaired) electrons. The summed E-state index contributed by atoms with van der Waals surface area (Å²) in [5.74, 6) is -2.54. The number of rotatable bonds is 5. The Morgan fingerprint density at radius 1 is 1.35 bits per heavy atom. The van der Waals surface area contributed by atoms with Gasteiger partial charge in [0.2, 0.25) is 5.91 Å². The van der Waals surface area contributed by atoms with Gasteiger partial charge in [0.05, 0.1) is 0 Å². The quantitative estimate of drug-likeness (QED) is 0.611. The monoisotopic (exact) mass is 355 g/mol. The van der Waals surface area contributed by atoms with Crippen LogP contribution >= 0.6 is 23.4 Å². The lowest BCUT2D eigenvalue weighted by Crippen LogP contribution is -2.56. The van der Waals surface area contributed by atoms with Crippen molar-refractivity contribution in [3.63, 3.8) is 0 Å². The molecule has 0 bridgehead atoms. The highest BCUT2D eigenvalue weighted by atomic mass is 35.5. The van der Waals surface area contributed by atoms with Crippen LogP contribution in [0.25, 0.3) is 0 Å². The van der Waals surface area contributed by atoms with Crippen LogP contribution in [-0.4, -0.2) is 34.3 Å². The van der Waals surface area contributed by atoms with E-state index in [2.05, 4.69) is 10.6 Å². The van der Waals surface area contributed by atoms with Gasteiger partial charge in [0.1, 0.15) is 16.4 Å². The van der Waals surface area contributed by atoms with Gasteiger partial charge < -0.3 is 21.5 Å².